The van der Waals surface area contributed by atoms with E-state index in [9.17, 15) is 9.50 Å². The molecule has 1 aromatic rings. The van der Waals surface area contributed by atoms with Gasteiger partial charge < -0.3 is 15.2 Å². The lowest BCUT2D eigenvalue weighted by molar-refractivity contribution is -0.0228. The summed E-state index contributed by atoms with van der Waals surface area (Å²) in [4.78, 5) is 0. The molecule has 0 saturated heterocycles. The van der Waals surface area contributed by atoms with Crippen molar-refractivity contribution in [2.75, 3.05) is 19.7 Å². The average Bonchev–Trinajstić information content (AvgIpc) is 2.52. The molecule has 0 heterocycles. The summed E-state index contributed by atoms with van der Waals surface area (Å²) in [5.74, 6) is -0.166. The molecule has 0 bridgehead atoms. The van der Waals surface area contributed by atoms with Gasteiger partial charge in [0.25, 0.3) is 0 Å². The maximum Gasteiger partial charge on any atom is 0.126 e. The average molecular weight is 295 g/mol. The molecule has 0 radical (unpaired) electrons. The van der Waals surface area contributed by atoms with Crippen LogP contribution in [-0.4, -0.2) is 37.0 Å². The number of halogens is 1. The smallest absolute Gasteiger partial charge is 0.126 e. The van der Waals surface area contributed by atoms with Gasteiger partial charge in [0.2, 0.25) is 0 Å². The molecule has 1 aromatic carbocycles. The molecule has 4 heteroatoms. The number of ether oxygens (including phenoxy) is 1. The minimum Gasteiger partial charge on any atom is -0.389 e. The van der Waals surface area contributed by atoms with Gasteiger partial charge in [-0.15, -0.1) is 0 Å². The van der Waals surface area contributed by atoms with Crippen LogP contribution in [0.1, 0.15) is 37.7 Å². The van der Waals surface area contributed by atoms with Crippen molar-refractivity contribution >= 4 is 0 Å². The van der Waals surface area contributed by atoms with Crippen LogP contribution in [0, 0.1) is 5.82 Å². The SMILES string of the molecule is OC(CNCCc1ccccc1F)COC1CCCCC1. The fourth-order valence-electron chi connectivity index (χ4n) is 2.73. The van der Waals surface area contributed by atoms with Crippen LogP contribution in [0.2, 0.25) is 0 Å². The highest BCUT2D eigenvalue weighted by molar-refractivity contribution is 5.17. The van der Waals surface area contributed by atoms with Crippen molar-refractivity contribution in [2.45, 2.75) is 50.7 Å². The summed E-state index contributed by atoms with van der Waals surface area (Å²) in [6.45, 7) is 1.53. The van der Waals surface area contributed by atoms with Gasteiger partial charge in [-0.25, -0.2) is 4.39 Å². The summed E-state index contributed by atoms with van der Waals surface area (Å²) in [5, 5.41) is 13.0. The van der Waals surface area contributed by atoms with Crippen molar-refractivity contribution in [1.82, 2.24) is 5.32 Å². The van der Waals surface area contributed by atoms with E-state index in [0.29, 0.717) is 37.8 Å². The Hall–Kier alpha value is -0.970. The minimum absolute atomic E-state index is 0.166. The molecule has 2 rings (SSSR count). The van der Waals surface area contributed by atoms with E-state index in [-0.39, 0.29) is 5.82 Å². The summed E-state index contributed by atoms with van der Waals surface area (Å²) in [7, 11) is 0. The zero-order valence-electron chi connectivity index (χ0n) is 12.6. The first-order valence-corrected chi connectivity index (χ1v) is 7.99. The van der Waals surface area contributed by atoms with Gasteiger partial charge in [0.1, 0.15) is 5.82 Å². The van der Waals surface area contributed by atoms with E-state index in [4.69, 9.17) is 4.74 Å². The Morgan fingerprint density at radius 2 is 2.00 bits per heavy atom. The summed E-state index contributed by atoms with van der Waals surface area (Å²) >= 11 is 0. The van der Waals surface area contributed by atoms with E-state index in [1.807, 2.05) is 6.07 Å². The van der Waals surface area contributed by atoms with Crippen molar-refractivity contribution < 1.29 is 14.2 Å². The molecule has 0 amide bonds. The molecule has 0 spiro atoms. The van der Waals surface area contributed by atoms with Crippen LogP contribution in [0.5, 0.6) is 0 Å². The van der Waals surface area contributed by atoms with Crippen molar-refractivity contribution in [2.24, 2.45) is 0 Å². The summed E-state index contributed by atoms with van der Waals surface area (Å²) in [6, 6.07) is 6.80. The predicted molar refractivity (Wildman–Crippen MR) is 81.8 cm³/mol. The first kappa shape index (κ1) is 16.4. The van der Waals surface area contributed by atoms with Crippen LogP contribution in [0.15, 0.2) is 24.3 Å². The summed E-state index contributed by atoms with van der Waals surface area (Å²) < 4.78 is 19.1. The maximum absolute atomic E-state index is 13.4. The standard InChI is InChI=1S/C17H26FNO2/c18-17-9-5-4-6-14(17)10-11-19-12-15(20)13-21-16-7-2-1-3-8-16/h4-6,9,15-16,19-20H,1-3,7-8,10-13H2. The van der Waals surface area contributed by atoms with Gasteiger partial charge >= 0.3 is 0 Å². The molecule has 3 nitrogen and oxygen atoms in total. The Morgan fingerprint density at radius 3 is 2.76 bits per heavy atom. The highest BCUT2D eigenvalue weighted by atomic mass is 19.1. The van der Waals surface area contributed by atoms with Gasteiger partial charge in [-0.3, -0.25) is 0 Å². The van der Waals surface area contributed by atoms with E-state index < -0.39 is 6.10 Å². The molecule has 1 unspecified atom stereocenters. The second kappa shape index (κ2) is 9.13. The molecule has 1 fully saturated rings. The van der Waals surface area contributed by atoms with Gasteiger partial charge in [-0.1, -0.05) is 37.5 Å². The van der Waals surface area contributed by atoms with Crippen LogP contribution >= 0.6 is 0 Å². The first-order chi connectivity index (χ1) is 10.3. The Kier molecular flexibility index (Phi) is 7.13. The normalized spacial score (nSPS) is 17.8. The Labute approximate surface area is 126 Å². The number of nitrogens with one attached hydrogen (secondary N) is 1. The zero-order chi connectivity index (χ0) is 14.9. The number of hydrogen-bond donors (Lipinski definition) is 2. The lowest BCUT2D eigenvalue weighted by atomic mass is 9.98. The molecule has 1 atom stereocenters. The van der Waals surface area contributed by atoms with Crippen molar-refractivity contribution in [3.05, 3.63) is 35.6 Å². The van der Waals surface area contributed by atoms with Crippen LogP contribution in [0.25, 0.3) is 0 Å². The fraction of sp³-hybridized carbons (Fsp3) is 0.647. The Balaban J connectivity index is 1.54. The van der Waals surface area contributed by atoms with Crippen LogP contribution in [0.4, 0.5) is 4.39 Å². The van der Waals surface area contributed by atoms with Gasteiger partial charge in [0.05, 0.1) is 18.8 Å². The third-order valence-corrected chi connectivity index (χ3v) is 3.99. The molecule has 1 aliphatic carbocycles. The number of rotatable bonds is 8. The quantitative estimate of drug-likeness (QED) is 0.725. The molecular formula is C17H26FNO2. The van der Waals surface area contributed by atoms with Gasteiger partial charge in [0.15, 0.2) is 0 Å². The molecule has 0 aromatic heterocycles. The predicted octanol–water partition coefficient (Wildman–Crippen LogP) is 2.67. The lowest BCUT2D eigenvalue weighted by Crippen LogP contribution is -2.33. The topological polar surface area (TPSA) is 41.5 Å². The van der Waals surface area contributed by atoms with Crippen LogP contribution in [0.3, 0.4) is 0 Å². The van der Waals surface area contributed by atoms with E-state index in [0.717, 1.165) is 12.8 Å². The number of aliphatic hydroxyl groups is 1. The minimum atomic E-state index is -0.493. The van der Waals surface area contributed by atoms with Crippen LogP contribution < -0.4 is 5.32 Å². The largest absolute Gasteiger partial charge is 0.389 e. The zero-order valence-corrected chi connectivity index (χ0v) is 12.6. The Bertz CT molecular complexity index is 408. The Morgan fingerprint density at radius 1 is 1.24 bits per heavy atom. The lowest BCUT2D eigenvalue weighted by Gasteiger charge is -2.23. The van der Waals surface area contributed by atoms with Gasteiger partial charge in [0, 0.05) is 6.54 Å². The van der Waals surface area contributed by atoms with E-state index in [1.54, 1.807) is 12.1 Å². The van der Waals surface area contributed by atoms with E-state index in [2.05, 4.69) is 5.32 Å². The number of hydrogen-bond acceptors (Lipinski definition) is 3. The van der Waals surface area contributed by atoms with Gasteiger partial charge in [-0.2, -0.15) is 0 Å². The highest BCUT2D eigenvalue weighted by Crippen LogP contribution is 2.20. The monoisotopic (exact) mass is 295 g/mol. The number of benzene rings is 1. The van der Waals surface area contributed by atoms with Crippen molar-refractivity contribution in [1.29, 1.82) is 0 Å². The van der Waals surface area contributed by atoms with Crippen LogP contribution in [-0.2, 0) is 11.2 Å². The molecule has 21 heavy (non-hydrogen) atoms. The third-order valence-electron chi connectivity index (χ3n) is 3.99. The van der Waals surface area contributed by atoms with Crippen molar-refractivity contribution in [3.8, 4) is 0 Å². The second-order valence-electron chi connectivity index (χ2n) is 5.79. The molecule has 118 valence electrons. The third kappa shape index (κ3) is 6.12. The molecule has 1 saturated carbocycles. The first-order valence-electron chi connectivity index (χ1n) is 7.99. The molecular weight excluding hydrogens is 269 g/mol. The summed E-state index contributed by atoms with van der Waals surface area (Å²) in [6.07, 6.45) is 6.48. The number of aliphatic hydroxyl groups excluding tert-OH is 1. The summed E-state index contributed by atoms with van der Waals surface area (Å²) in [5.41, 5.74) is 0.706. The maximum atomic E-state index is 13.4. The molecule has 0 aliphatic heterocycles. The second-order valence-corrected chi connectivity index (χ2v) is 5.79. The van der Waals surface area contributed by atoms with Gasteiger partial charge in [-0.05, 0) is 37.4 Å². The fourth-order valence-corrected chi connectivity index (χ4v) is 2.73. The van der Waals surface area contributed by atoms with E-state index >= 15 is 0 Å². The van der Waals surface area contributed by atoms with E-state index in [1.165, 1.54) is 25.3 Å². The molecule has 2 N–H and O–H groups in total. The highest BCUT2D eigenvalue weighted by Gasteiger charge is 2.15. The van der Waals surface area contributed by atoms with Crippen molar-refractivity contribution in [3.63, 3.8) is 0 Å². The molecule has 1 aliphatic rings.